The van der Waals surface area contributed by atoms with Gasteiger partial charge < -0.3 is 20.1 Å². The van der Waals surface area contributed by atoms with E-state index in [2.05, 4.69) is 0 Å². The number of methoxy groups -OCH3 is 1. The highest BCUT2D eigenvalue weighted by molar-refractivity contribution is 5.95. The molecule has 0 saturated carbocycles. The van der Waals surface area contributed by atoms with Gasteiger partial charge in [0.2, 0.25) is 0 Å². The predicted octanol–water partition coefficient (Wildman–Crippen LogP) is 1.02. The van der Waals surface area contributed by atoms with Gasteiger partial charge in [0.05, 0.1) is 25.9 Å². The molecule has 1 heterocycles. The van der Waals surface area contributed by atoms with Gasteiger partial charge in [0.15, 0.2) is 11.6 Å². The second-order valence-corrected chi connectivity index (χ2v) is 4.85. The van der Waals surface area contributed by atoms with Crippen LogP contribution in [-0.4, -0.2) is 49.8 Å². The number of benzene rings is 1. The smallest absolute Gasteiger partial charge is 0.254 e. The van der Waals surface area contributed by atoms with Gasteiger partial charge in [0.25, 0.3) is 5.91 Å². The van der Waals surface area contributed by atoms with Gasteiger partial charge in [-0.2, -0.15) is 0 Å². The van der Waals surface area contributed by atoms with Gasteiger partial charge in [-0.25, -0.2) is 4.39 Å². The van der Waals surface area contributed by atoms with Crippen molar-refractivity contribution < 1.29 is 18.7 Å². The van der Waals surface area contributed by atoms with Crippen molar-refractivity contribution in [3.05, 3.63) is 29.6 Å². The largest absolute Gasteiger partial charge is 0.494 e. The molecule has 0 spiro atoms. The van der Waals surface area contributed by atoms with Gasteiger partial charge in [-0.15, -0.1) is 0 Å². The van der Waals surface area contributed by atoms with Crippen LogP contribution in [0.1, 0.15) is 17.3 Å². The van der Waals surface area contributed by atoms with E-state index in [0.29, 0.717) is 25.3 Å². The predicted molar refractivity (Wildman–Crippen MR) is 72.2 cm³/mol. The van der Waals surface area contributed by atoms with E-state index in [4.69, 9.17) is 15.2 Å². The summed E-state index contributed by atoms with van der Waals surface area (Å²) >= 11 is 0. The van der Waals surface area contributed by atoms with Gasteiger partial charge in [0, 0.05) is 18.7 Å². The molecule has 1 aromatic carbocycles. The highest BCUT2D eigenvalue weighted by atomic mass is 19.1. The second-order valence-electron chi connectivity index (χ2n) is 4.85. The normalized spacial score (nSPS) is 22.7. The Morgan fingerprint density at radius 3 is 3.00 bits per heavy atom. The molecule has 2 N–H and O–H groups in total. The fourth-order valence-corrected chi connectivity index (χ4v) is 2.20. The molecule has 2 unspecified atom stereocenters. The first-order valence-electron chi connectivity index (χ1n) is 6.53. The summed E-state index contributed by atoms with van der Waals surface area (Å²) in [4.78, 5) is 14.2. The molecule has 0 aliphatic carbocycles. The number of ether oxygens (including phenoxy) is 2. The Labute approximate surface area is 117 Å². The van der Waals surface area contributed by atoms with Gasteiger partial charge in [0.1, 0.15) is 0 Å². The Bertz CT molecular complexity index is 495. The first-order valence-corrected chi connectivity index (χ1v) is 6.53. The molecule has 0 radical (unpaired) electrons. The lowest BCUT2D eigenvalue weighted by Gasteiger charge is -2.37. The van der Waals surface area contributed by atoms with Crippen molar-refractivity contribution in [2.75, 3.05) is 26.8 Å². The van der Waals surface area contributed by atoms with Crippen molar-refractivity contribution in [1.82, 2.24) is 4.90 Å². The average molecular weight is 282 g/mol. The third-order valence-corrected chi connectivity index (χ3v) is 3.43. The van der Waals surface area contributed by atoms with E-state index in [9.17, 15) is 9.18 Å². The molecule has 110 valence electrons. The number of amides is 1. The Morgan fingerprint density at radius 1 is 1.60 bits per heavy atom. The summed E-state index contributed by atoms with van der Waals surface area (Å²) in [7, 11) is 1.37. The van der Waals surface area contributed by atoms with Crippen LogP contribution >= 0.6 is 0 Å². The lowest BCUT2D eigenvalue weighted by Crippen LogP contribution is -2.52. The van der Waals surface area contributed by atoms with Crippen LogP contribution in [0.4, 0.5) is 4.39 Å². The fourth-order valence-electron chi connectivity index (χ4n) is 2.20. The highest BCUT2D eigenvalue weighted by Gasteiger charge is 2.29. The summed E-state index contributed by atoms with van der Waals surface area (Å²) < 4.78 is 23.8. The summed E-state index contributed by atoms with van der Waals surface area (Å²) in [5.74, 6) is -0.594. The maximum Gasteiger partial charge on any atom is 0.254 e. The summed E-state index contributed by atoms with van der Waals surface area (Å²) in [6.07, 6.45) is -0.155. The monoisotopic (exact) mass is 282 g/mol. The summed E-state index contributed by atoms with van der Waals surface area (Å²) in [5.41, 5.74) is 5.98. The molecular formula is C14H19FN2O3. The number of hydrogen-bond donors (Lipinski definition) is 1. The number of hydrogen-bond acceptors (Lipinski definition) is 4. The highest BCUT2D eigenvalue weighted by Crippen LogP contribution is 2.21. The first-order chi connectivity index (χ1) is 9.56. The Morgan fingerprint density at radius 2 is 2.35 bits per heavy atom. The third-order valence-electron chi connectivity index (χ3n) is 3.43. The summed E-state index contributed by atoms with van der Waals surface area (Å²) in [6.45, 7) is 3.16. The van der Waals surface area contributed by atoms with E-state index >= 15 is 0 Å². The maximum atomic E-state index is 13.4. The summed E-state index contributed by atoms with van der Waals surface area (Å²) in [5, 5.41) is 0. The maximum absolute atomic E-state index is 13.4. The average Bonchev–Trinajstić information content (AvgIpc) is 2.47. The van der Waals surface area contributed by atoms with Crippen molar-refractivity contribution in [3.8, 4) is 5.75 Å². The van der Waals surface area contributed by atoms with Gasteiger partial charge in [-0.1, -0.05) is 0 Å². The molecule has 1 aliphatic rings. The van der Waals surface area contributed by atoms with Crippen LogP contribution < -0.4 is 10.5 Å². The third kappa shape index (κ3) is 2.91. The molecule has 2 rings (SSSR count). The van der Waals surface area contributed by atoms with E-state index in [1.807, 2.05) is 6.92 Å². The van der Waals surface area contributed by atoms with Crippen molar-refractivity contribution in [3.63, 3.8) is 0 Å². The number of nitrogens with two attached hydrogens (primary N) is 1. The van der Waals surface area contributed by atoms with E-state index in [1.165, 1.54) is 25.3 Å². The van der Waals surface area contributed by atoms with Crippen molar-refractivity contribution in [2.24, 2.45) is 5.73 Å². The van der Waals surface area contributed by atoms with E-state index in [1.54, 1.807) is 4.90 Å². The molecule has 1 aliphatic heterocycles. The fraction of sp³-hybridized carbons (Fsp3) is 0.500. The molecule has 6 heteroatoms. The minimum atomic E-state index is -0.487. The van der Waals surface area contributed by atoms with Crippen LogP contribution in [0, 0.1) is 5.82 Å². The number of rotatable bonds is 3. The van der Waals surface area contributed by atoms with Crippen LogP contribution in [0.25, 0.3) is 0 Å². The molecule has 1 fully saturated rings. The van der Waals surface area contributed by atoms with Crippen LogP contribution in [-0.2, 0) is 4.74 Å². The number of carbonyl (C=O) groups excluding carboxylic acids is 1. The minimum Gasteiger partial charge on any atom is -0.494 e. The lowest BCUT2D eigenvalue weighted by atomic mass is 10.1. The zero-order chi connectivity index (χ0) is 14.7. The molecule has 20 heavy (non-hydrogen) atoms. The van der Waals surface area contributed by atoms with Gasteiger partial charge in [-0.05, 0) is 25.1 Å². The molecule has 5 nitrogen and oxygen atoms in total. The molecule has 0 bridgehead atoms. The molecular weight excluding hydrogens is 263 g/mol. The van der Waals surface area contributed by atoms with Gasteiger partial charge >= 0.3 is 0 Å². The number of halogens is 1. The zero-order valence-electron chi connectivity index (χ0n) is 11.6. The topological polar surface area (TPSA) is 64.8 Å². The van der Waals surface area contributed by atoms with Crippen LogP contribution in [0.15, 0.2) is 18.2 Å². The van der Waals surface area contributed by atoms with Crippen LogP contribution in [0.2, 0.25) is 0 Å². The standard InChI is InChI=1S/C14H19FN2O3/c1-9-8-20-11(6-16)7-17(9)14(18)10-3-4-12(15)13(5-10)19-2/h3-5,9,11H,6-8,16H2,1-2H3. The summed E-state index contributed by atoms with van der Waals surface area (Å²) in [6, 6.07) is 4.07. The minimum absolute atomic E-state index is 0.0404. The molecule has 1 amide bonds. The van der Waals surface area contributed by atoms with Crippen molar-refractivity contribution in [2.45, 2.75) is 19.1 Å². The van der Waals surface area contributed by atoms with E-state index in [0.717, 1.165) is 0 Å². The van der Waals surface area contributed by atoms with Crippen molar-refractivity contribution >= 4 is 5.91 Å². The van der Waals surface area contributed by atoms with Gasteiger partial charge in [-0.3, -0.25) is 4.79 Å². The molecule has 0 aromatic heterocycles. The quantitative estimate of drug-likeness (QED) is 0.899. The molecule has 1 aromatic rings. The number of nitrogens with zero attached hydrogens (tertiary/aromatic N) is 1. The zero-order valence-corrected chi connectivity index (χ0v) is 11.6. The first kappa shape index (κ1) is 14.7. The van der Waals surface area contributed by atoms with Crippen LogP contribution in [0.3, 0.4) is 0 Å². The number of carbonyl (C=O) groups is 1. The lowest BCUT2D eigenvalue weighted by molar-refractivity contribution is -0.0426. The molecule has 2 atom stereocenters. The van der Waals surface area contributed by atoms with E-state index in [-0.39, 0.29) is 23.8 Å². The Hall–Kier alpha value is -1.66. The Kier molecular flexibility index (Phi) is 4.57. The van der Waals surface area contributed by atoms with Crippen molar-refractivity contribution in [1.29, 1.82) is 0 Å². The Balaban J connectivity index is 2.21. The van der Waals surface area contributed by atoms with E-state index < -0.39 is 5.82 Å². The van der Waals surface area contributed by atoms with Crippen LogP contribution in [0.5, 0.6) is 5.75 Å². The number of morpholine rings is 1. The second kappa shape index (κ2) is 6.19. The molecule has 1 saturated heterocycles. The SMILES string of the molecule is COc1cc(C(=O)N2CC(CN)OCC2C)ccc1F.